The van der Waals surface area contributed by atoms with E-state index in [1.807, 2.05) is 0 Å². The number of ether oxygens (including phenoxy) is 1. The third kappa shape index (κ3) is 3.03. The summed E-state index contributed by atoms with van der Waals surface area (Å²) in [4.78, 5) is 19.8. The second-order valence-electron chi connectivity index (χ2n) is 4.65. The number of nitrogen functional groups attached to an aromatic ring is 1. The number of rotatable bonds is 4. The van der Waals surface area contributed by atoms with Crippen LogP contribution < -0.4 is 15.8 Å². The molecule has 0 spiro atoms. The summed E-state index contributed by atoms with van der Waals surface area (Å²) in [6, 6.07) is 8.61. The van der Waals surface area contributed by atoms with Crippen molar-refractivity contribution in [2.75, 3.05) is 11.1 Å². The number of hydrogen-bond acceptors (Lipinski definition) is 5. The molecule has 0 radical (unpaired) electrons. The van der Waals surface area contributed by atoms with E-state index in [1.54, 1.807) is 36.5 Å². The average molecular weight is 270 g/mol. The van der Waals surface area contributed by atoms with Gasteiger partial charge in [0.2, 0.25) is 17.7 Å². The smallest absolute Gasteiger partial charge is 0.232 e. The van der Waals surface area contributed by atoms with Crippen LogP contribution in [0.5, 0.6) is 11.6 Å². The second-order valence-corrected chi connectivity index (χ2v) is 4.65. The number of aromatic nitrogens is 2. The molecule has 0 unspecified atom stereocenters. The van der Waals surface area contributed by atoms with Gasteiger partial charge in [-0.1, -0.05) is 0 Å². The molecule has 3 rings (SSSR count). The molecule has 1 saturated carbocycles. The normalized spacial score (nSPS) is 13.8. The van der Waals surface area contributed by atoms with Crippen molar-refractivity contribution in [1.82, 2.24) is 9.97 Å². The molecule has 0 saturated heterocycles. The number of nitrogens with one attached hydrogen (secondary N) is 1. The first kappa shape index (κ1) is 12.4. The number of nitrogens with zero attached hydrogens (tertiary/aromatic N) is 2. The van der Waals surface area contributed by atoms with Gasteiger partial charge in [-0.25, -0.2) is 4.98 Å². The molecule has 1 fully saturated rings. The summed E-state index contributed by atoms with van der Waals surface area (Å²) in [6.07, 6.45) is 3.42. The van der Waals surface area contributed by atoms with Crippen LogP contribution in [-0.2, 0) is 4.79 Å². The molecular weight excluding hydrogens is 256 g/mol. The van der Waals surface area contributed by atoms with E-state index in [2.05, 4.69) is 15.3 Å². The van der Waals surface area contributed by atoms with Crippen LogP contribution in [0.25, 0.3) is 0 Å². The Morgan fingerprint density at radius 3 is 2.70 bits per heavy atom. The van der Waals surface area contributed by atoms with Crippen molar-refractivity contribution in [2.24, 2.45) is 5.92 Å². The maximum Gasteiger partial charge on any atom is 0.232 e. The van der Waals surface area contributed by atoms with Crippen molar-refractivity contribution in [2.45, 2.75) is 12.8 Å². The largest absolute Gasteiger partial charge is 0.439 e. The summed E-state index contributed by atoms with van der Waals surface area (Å²) in [5.41, 5.74) is 6.27. The summed E-state index contributed by atoms with van der Waals surface area (Å²) in [5, 5.41) is 2.68. The average Bonchev–Trinajstić information content (AvgIpc) is 3.26. The van der Waals surface area contributed by atoms with Gasteiger partial charge in [0, 0.05) is 23.9 Å². The SMILES string of the molecule is Nc1ccc(Oc2ccnc(NC(=O)C3CC3)n2)cc1. The first-order valence-electron chi connectivity index (χ1n) is 6.38. The molecule has 1 aromatic heterocycles. The summed E-state index contributed by atoms with van der Waals surface area (Å²) >= 11 is 0. The van der Waals surface area contributed by atoms with Gasteiger partial charge in [-0.05, 0) is 37.1 Å². The fraction of sp³-hybridized carbons (Fsp3) is 0.214. The number of hydrogen-bond donors (Lipinski definition) is 2. The zero-order valence-electron chi connectivity index (χ0n) is 10.7. The zero-order chi connectivity index (χ0) is 13.9. The molecule has 1 aliphatic rings. The van der Waals surface area contributed by atoms with Crippen molar-refractivity contribution < 1.29 is 9.53 Å². The standard InChI is InChI=1S/C14H14N4O2/c15-10-3-5-11(6-4-10)20-12-7-8-16-14(17-12)18-13(19)9-1-2-9/h3-9H,1-2,15H2,(H,16,17,18,19). The van der Waals surface area contributed by atoms with E-state index < -0.39 is 0 Å². The minimum Gasteiger partial charge on any atom is -0.439 e. The van der Waals surface area contributed by atoms with Gasteiger partial charge in [0.1, 0.15) is 5.75 Å². The zero-order valence-corrected chi connectivity index (χ0v) is 10.7. The molecule has 102 valence electrons. The van der Waals surface area contributed by atoms with Gasteiger partial charge in [0.15, 0.2) is 0 Å². The number of nitrogens with two attached hydrogens (primary N) is 1. The lowest BCUT2D eigenvalue weighted by molar-refractivity contribution is -0.117. The summed E-state index contributed by atoms with van der Waals surface area (Å²) in [7, 11) is 0. The Labute approximate surface area is 116 Å². The van der Waals surface area contributed by atoms with Crippen LogP contribution in [0.2, 0.25) is 0 Å². The third-order valence-corrected chi connectivity index (χ3v) is 2.92. The van der Waals surface area contributed by atoms with Crippen LogP contribution in [0.1, 0.15) is 12.8 Å². The van der Waals surface area contributed by atoms with Gasteiger partial charge in [-0.15, -0.1) is 0 Å². The van der Waals surface area contributed by atoms with E-state index in [-0.39, 0.29) is 17.8 Å². The van der Waals surface area contributed by atoms with Crippen molar-refractivity contribution in [3.63, 3.8) is 0 Å². The van der Waals surface area contributed by atoms with E-state index in [0.717, 1.165) is 12.8 Å². The first-order chi connectivity index (χ1) is 9.70. The van der Waals surface area contributed by atoms with E-state index in [4.69, 9.17) is 10.5 Å². The van der Waals surface area contributed by atoms with Crippen molar-refractivity contribution in [1.29, 1.82) is 0 Å². The minimum absolute atomic E-state index is 0.0327. The summed E-state index contributed by atoms with van der Waals surface area (Å²) in [6.45, 7) is 0. The molecule has 20 heavy (non-hydrogen) atoms. The van der Waals surface area contributed by atoms with E-state index in [0.29, 0.717) is 17.3 Å². The Hall–Kier alpha value is -2.63. The fourth-order valence-corrected chi connectivity index (χ4v) is 1.67. The van der Waals surface area contributed by atoms with E-state index in [1.165, 1.54) is 0 Å². The number of benzene rings is 1. The summed E-state index contributed by atoms with van der Waals surface area (Å²) < 4.78 is 5.57. The van der Waals surface area contributed by atoms with Gasteiger partial charge >= 0.3 is 0 Å². The fourth-order valence-electron chi connectivity index (χ4n) is 1.67. The minimum atomic E-state index is -0.0327. The number of carbonyl (C=O) groups is 1. The predicted molar refractivity (Wildman–Crippen MR) is 74.3 cm³/mol. The van der Waals surface area contributed by atoms with Crippen molar-refractivity contribution in [3.8, 4) is 11.6 Å². The maximum absolute atomic E-state index is 11.6. The molecule has 1 amide bonds. The third-order valence-electron chi connectivity index (χ3n) is 2.92. The van der Waals surface area contributed by atoms with Crippen LogP contribution in [0.4, 0.5) is 11.6 Å². The molecule has 1 aromatic carbocycles. The second kappa shape index (κ2) is 5.16. The predicted octanol–water partition coefficient (Wildman–Crippen LogP) is 2.20. The highest BCUT2D eigenvalue weighted by Crippen LogP contribution is 2.30. The molecule has 1 aliphatic carbocycles. The van der Waals surface area contributed by atoms with Crippen molar-refractivity contribution >= 4 is 17.5 Å². The number of amides is 1. The van der Waals surface area contributed by atoms with Gasteiger partial charge in [0.25, 0.3) is 0 Å². The Bertz CT molecular complexity index is 623. The maximum atomic E-state index is 11.6. The molecule has 2 aromatic rings. The van der Waals surface area contributed by atoms with Crippen LogP contribution in [0, 0.1) is 5.92 Å². The lowest BCUT2D eigenvalue weighted by Crippen LogP contribution is -2.15. The van der Waals surface area contributed by atoms with E-state index >= 15 is 0 Å². The van der Waals surface area contributed by atoms with Crippen molar-refractivity contribution in [3.05, 3.63) is 36.5 Å². The quantitative estimate of drug-likeness (QED) is 0.831. The highest BCUT2D eigenvalue weighted by Gasteiger charge is 2.30. The monoisotopic (exact) mass is 270 g/mol. The van der Waals surface area contributed by atoms with E-state index in [9.17, 15) is 4.79 Å². The van der Waals surface area contributed by atoms with Crippen LogP contribution in [0.3, 0.4) is 0 Å². The molecule has 6 nitrogen and oxygen atoms in total. The van der Waals surface area contributed by atoms with Gasteiger partial charge in [-0.3, -0.25) is 10.1 Å². The first-order valence-corrected chi connectivity index (χ1v) is 6.38. The summed E-state index contributed by atoms with van der Waals surface area (Å²) in [5.74, 6) is 1.33. The van der Waals surface area contributed by atoms with Gasteiger partial charge in [-0.2, -0.15) is 4.98 Å². The van der Waals surface area contributed by atoms with Gasteiger partial charge in [0.05, 0.1) is 0 Å². The molecule has 1 heterocycles. The lowest BCUT2D eigenvalue weighted by Gasteiger charge is -2.07. The molecule has 0 bridgehead atoms. The van der Waals surface area contributed by atoms with Gasteiger partial charge < -0.3 is 10.5 Å². The number of anilines is 2. The molecule has 0 atom stereocenters. The van der Waals surface area contributed by atoms with Crippen LogP contribution >= 0.6 is 0 Å². The molecule has 6 heteroatoms. The highest BCUT2D eigenvalue weighted by atomic mass is 16.5. The Balaban J connectivity index is 1.70. The molecule has 3 N–H and O–H groups in total. The Kier molecular flexibility index (Phi) is 3.20. The lowest BCUT2D eigenvalue weighted by atomic mass is 10.3. The van der Waals surface area contributed by atoms with Crippen LogP contribution in [0.15, 0.2) is 36.5 Å². The highest BCUT2D eigenvalue weighted by molar-refractivity contribution is 5.92. The molecular formula is C14H14N4O2. The Morgan fingerprint density at radius 1 is 1.25 bits per heavy atom. The Morgan fingerprint density at radius 2 is 2.00 bits per heavy atom. The molecule has 0 aliphatic heterocycles. The van der Waals surface area contributed by atoms with Crippen LogP contribution in [-0.4, -0.2) is 15.9 Å². The number of carbonyl (C=O) groups excluding carboxylic acids is 1. The topological polar surface area (TPSA) is 90.1 Å².